The Bertz CT molecular complexity index is 956. The summed E-state index contributed by atoms with van der Waals surface area (Å²) in [6, 6.07) is 5.05. The Morgan fingerprint density at radius 3 is 2.28 bits per heavy atom. The second kappa shape index (κ2) is 8.99. The van der Waals surface area contributed by atoms with Gasteiger partial charge in [0.05, 0.1) is 16.7 Å². The average Bonchev–Trinajstić information content (AvgIpc) is 2.72. The molecule has 0 radical (unpaired) electrons. The van der Waals surface area contributed by atoms with Crippen LogP contribution in [-0.2, 0) is 12.4 Å². The molecule has 1 aliphatic rings. The summed E-state index contributed by atoms with van der Waals surface area (Å²) in [6.07, 6.45) is -6.99. The summed E-state index contributed by atoms with van der Waals surface area (Å²) in [4.78, 5) is 17.8. The Balaban J connectivity index is 1.75. The van der Waals surface area contributed by atoms with Crippen LogP contribution in [0.5, 0.6) is 5.75 Å². The van der Waals surface area contributed by atoms with E-state index in [4.69, 9.17) is 4.74 Å². The van der Waals surface area contributed by atoms with Crippen molar-refractivity contribution in [2.75, 3.05) is 11.4 Å². The summed E-state index contributed by atoms with van der Waals surface area (Å²) in [7, 11) is 0. The zero-order chi connectivity index (χ0) is 23.7. The van der Waals surface area contributed by atoms with Crippen molar-refractivity contribution in [2.45, 2.75) is 57.6 Å². The van der Waals surface area contributed by atoms with Crippen LogP contribution in [0, 0.1) is 0 Å². The zero-order valence-electron chi connectivity index (χ0n) is 17.4. The number of ketones is 1. The van der Waals surface area contributed by atoms with Gasteiger partial charge in [0.25, 0.3) is 0 Å². The maximum atomic E-state index is 13.0. The van der Waals surface area contributed by atoms with Crippen LogP contribution in [0.4, 0.5) is 32.2 Å². The number of benzene rings is 1. The fraction of sp³-hybridized carbons (Fsp3) is 0.455. The maximum Gasteiger partial charge on any atom is 0.417 e. The molecule has 10 heteroatoms. The van der Waals surface area contributed by atoms with E-state index < -0.39 is 29.3 Å². The van der Waals surface area contributed by atoms with Crippen LogP contribution in [-0.4, -0.2) is 29.5 Å². The van der Waals surface area contributed by atoms with Crippen molar-refractivity contribution in [1.29, 1.82) is 0 Å². The first kappa shape index (κ1) is 23.9. The van der Waals surface area contributed by atoms with Crippen molar-refractivity contribution in [1.82, 2.24) is 4.98 Å². The van der Waals surface area contributed by atoms with Gasteiger partial charge < -0.3 is 9.64 Å². The highest BCUT2D eigenvalue weighted by Crippen LogP contribution is 2.35. The van der Waals surface area contributed by atoms with E-state index in [1.807, 2.05) is 11.8 Å². The molecule has 0 spiro atoms. The summed E-state index contributed by atoms with van der Waals surface area (Å²) in [6.45, 7) is 3.54. The Morgan fingerprint density at radius 2 is 1.75 bits per heavy atom. The van der Waals surface area contributed by atoms with Gasteiger partial charge in [-0.25, -0.2) is 4.98 Å². The Labute approximate surface area is 181 Å². The monoisotopic (exact) mass is 460 g/mol. The van der Waals surface area contributed by atoms with Crippen molar-refractivity contribution in [2.24, 2.45) is 0 Å². The quantitative estimate of drug-likeness (QED) is 0.397. The lowest BCUT2D eigenvalue weighted by molar-refractivity contribution is -0.138. The second-order valence-corrected chi connectivity index (χ2v) is 7.69. The number of hydrogen-bond donors (Lipinski definition) is 0. The molecule has 0 saturated carbocycles. The summed E-state index contributed by atoms with van der Waals surface area (Å²) < 4.78 is 83.2. The van der Waals surface area contributed by atoms with Crippen LogP contribution in [0.2, 0.25) is 0 Å². The van der Waals surface area contributed by atoms with Gasteiger partial charge in [-0.15, -0.1) is 0 Å². The van der Waals surface area contributed by atoms with Gasteiger partial charge in [-0.2, -0.15) is 26.3 Å². The minimum Gasteiger partial charge on any atom is -0.490 e. The molecule has 1 aromatic carbocycles. The number of alkyl halides is 6. The van der Waals surface area contributed by atoms with Crippen molar-refractivity contribution >= 4 is 11.6 Å². The summed E-state index contributed by atoms with van der Waals surface area (Å²) in [5.74, 6) is -0.0294. The first-order valence-corrected chi connectivity index (χ1v) is 10.1. The molecule has 0 aliphatic carbocycles. The number of pyridine rings is 1. The normalized spacial score (nSPS) is 19.7. The molecule has 2 aromatic rings. The number of piperidine rings is 1. The molecule has 2 atom stereocenters. The van der Waals surface area contributed by atoms with Gasteiger partial charge in [0, 0.05) is 31.6 Å². The maximum absolute atomic E-state index is 13.0. The first-order valence-electron chi connectivity index (χ1n) is 10.1. The van der Waals surface area contributed by atoms with Gasteiger partial charge in [0.2, 0.25) is 0 Å². The number of carbonyl (C=O) groups is 1. The second-order valence-electron chi connectivity index (χ2n) is 7.69. The number of ether oxygens (including phenoxy) is 1. The molecule has 174 valence electrons. The van der Waals surface area contributed by atoms with E-state index in [9.17, 15) is 31.1 Å². The molecule has 32 heavy (non-hydrogen) atoms. The summed E-state index contributed by atoms with van der Waals surface area (Å²) in [5.41, 5.74) is -1.89. The van der Waals surface area contributed by atoms with Crippen LogP contribution in [0.3, 0.4) is 0 Å². The molecule has 3 rings (SSSR count). The van der Waals surface area contributed by atoms with E-state index in [0.717, 1.165) is 30.5 Å². The lowest BCUT2D eigenvalue weighted by Crippen LogP contribution is -2.46. The summed E-state index contributed by atoms with van der Waals surface area (Å²) >= 11 is 0. The minimum atomic E-state index is -4.57. The average molecular weight is 460 g/mol. The van der Waals surface area contributed by atoms with Crippen molar-refractivity contribution in [3.8, 4) is 5.75 Å². The number of rotatable bonds is 5. The predicted molar refractivity (Wildman–Crippen MR) is 106 cm³/mol. The van der Waals surface area contributed by atoms with Crippen LogP contribution in [0.1, 0.15) is 54.6 Å². The van der Waals surface area contributed by atoms with Crippen LogP contribution < -0.4 is 9.64 Å². The molecule has 0 bridgehead atoms. The topological polar surface area (TPSA) is 42.4 Å². The summed E-state index contributed by atoms with van der Waals surface area (Å²) in [5, 5.41) is 0. The van der Waals surface area contributed by atoms with Crippen LogP contribution in [0.25, 0.3) is 0 Å². The molecule has 4 nitrogen and oxygen atoms in total. The number of nitrogens with zero attached hydrogens (tertiary/aromatic N) is 2. The van der Waals surface area contributed by atoms with Crippen molar-refractivity contribution < 1.29 is 35.9 Å². The third-order valence-corrected chi connectivity index (χ3v) is 5.49. The molecule has 1 aromatic heterocycles. The highest BCUT2D eigenvalue weighted by molar-refractivity contribution is 5.97. The van der Waals surface area contributed by atoms with E-state index >= 15 is 0 Å². The number of carbonyl (C=O) groups excluding carboxylic acids is 1. The number of anilines is 1. The molecule has 0 amide bonds. The van der Waals surface area contributed by atoms with Crippen LogP contribution in [0.15, 0.2) is 36.5 Å². The highest BCUT2D eigenvalue weighted by Gasteiger charge is 2.34. The number of aromatic nitrogens is 1. The van der Waals surface area contributed by atoms with E-state index in [-0.39, 0.29) is 23.5 Å². The van der Waals surface area contributed by atoms with E-state index in [0.29, 0.717) is 31.6 Å². The highest BCUT2D eigenvalue weighted by atomic mass is 19.4. The van der Waals surface area contributed by atoms with E-state index in [1.165, 1.54) is 13.0 Å². The van der Waals surface area contributed by atoms with Crippen molar-refractivity contribution in [3.63, 3.8) is 0 Å². The molecular formula is C22H22F6N2O2. The Hall–Kier alpha value is -2.78. The molecule has 1 saturated heterocycles. The number of Topliss-reactive ketones (excluding diaryl/α,β-unsaturated/α-hetero) is 1. The predicted octanol–water partition coefficient (Wildman–Crippen LogP) is 6.15. The lowest BCUT2D eigenvalue weighted by Gasteiger charge is -2.40. The van der Waals surface area contributed by atoms with Gasteiger partial charge in [-0.3, -0.25) is 4.79 Å². The molecular weight excluding hydrogens is 438 g/mol. The molecule has 0 N–H and O–H groups in total. The lowest BCUT2D eigenvalue weighted by atomic mass is 9.96. The number of halogens is 6. The fourth-order valence-corrected chi connectivity index (χ4v) is 3.80. The standard InChI is InChI=1S/C22H22F6N2O2/c1-3-16-11-17(8-9-30(16)20-7-5-15(12-29-20)22(26,27)28)32-19-6-4-14(21(23,24)25)10-18(19)13(2)31/h4-7,10,12,16-17H,3,8-9,11H2,1-2H3/t16-,17-/m0/s1. The third-order valence-electron chi connectivity index (χ3n) is 5.49. The van der Waals surface area contributed by atoms with Gasteiger partial charge in [0.1, 0.15) is 17.7 Å². The Morgan fingerprint density at radius 1 is 1.09 bits per heavy atom. The molecule has 2 heterocycles. The fourth-order valence-electron chi connectivity index (χ4n) is 3.80. The third kappa shape index (κ3) is 5.34. The zero-order valence-corrected chi connectivity index (χ0v) is 17.4. The first-order chi connectivity index (χ1) is 14.9. The Kier molecular flexibility index (Phi) is 6.71. The molecule has 0 unspecified atom stereocenters. The number of hydrogen-bond acceptors (Lipinski definition) is 4. The largest absolute Gasteiger partial charge is 0.490 e. The van der Waals surface area contributed by atoms with Gasteiger partial charge >= 0.3 is 12.4 Å². The molecule has 1 fully saturated rings. The van der Waals surface area contributed by atoms with Gasteiger partial charge in [0.15, 0.2) is 5.78 Å². The van der Waals surface area contributed by atoms with Crippen molar-refractivity contribution in [3.05, 3.63) is 53.2 Å². The smallest absolute Gasteiger partial charge is 0.417 e. The minimum absolute atomic E-state index is 0.0893. The molecule has 1 aliphatic heterocycles. The van der Waals surface area contributed by atoms with E-state index in [1.54, 1.807) is 0 Å². The van der Waals surface area contributed by atoms with Gasteiger partial charge in [-0.1, -0.05) is 6.92 Å². The SMILES string of the molecule is CC[C@H]1C[C@@H](Oc2ccc(C(F)(F)F)cc2C(C)=O)CCN1c1ccc(C(F)(F)F)cn1. The van der Waals surface area contributed by atoms with Gasteiger partial charge in [-0.05, 0) is 43.7 Å². The van der Waals surface area contributed by atoms with Crippen LogP contribution >= 0.6 is 0 Å². The van der Waals surface area contributed by atoms with E-state index in [2.05, 4.69) is 4.98 Å².